The first kappa shape index (κ1) is 22.9. The number of hydrogen-bond acceptors (Lipinski definition) is 0. The SMILES string of the molecule is C#C.C=C(C)/C=C(/c1ccccc1)c1ccc2c(c1C)CCC(=C)C=C2c1ccccc1. The molecule has 0 heteroatoms. The third-order valence-electron chi connectivity index (χ3n) is 5.78. The minimum absolute atomic E-state index is 0.985. The molecule has 0 nitrogen and oxygen atoms in total. The van der Waals surface area contributed by atoms with E-state index < -0.39 is 0 Å². The van der Waals surface area contributed by atoms with Crippen LogP contribution < -0.4 is 0 Å². The standard InChI is InChI=1S/C30H28.C2H2/c1-21(2)19-29(24-11-7-5-8-12-24)27-17-18-28-26(23(27)4)16-15-22(3)20-30(28)25-13-9-6-10-14-25;1-2/h5-14,17-20H,1,3,15-16H2,2,4H3;1-2H/b29-19-;. The molecular weight excluding hydrogens is 384 g/mol. The van der Waals surface area contributed by atoms with Crippen LogP contribution in [0.4, 0.5) is 0 Å². The van der Waals surface area contributed by atoms with Crippen molar-refractivity contribution >= 4 is 11.1 Å². The molecule has 32 heavy (non-hydrogen) atoms. The van der Waals surface area contributed by atoms with Gasteiger partial charge >= 0.3 is 0 Å². The summed E-state index contributed by atoms with van der Waals surface area (Å²) in [5.74, 6) is 0. The van der Waals surface area contributed by atoms with E-state index in [0.717, 1.165) is 18.4 Å². The summed E-state index contributed by atoms with van der Waals surface area (Å²) in [7, 11) is 0. The molecule has 0 fully saturated rings. The van der Waals surface area contributed by atoms with Gasteiger partial charge in [0.2, 0.25) is 0 Å². The van der Waals surface area contributed by atoms with Crippen LogP contribution >= 0.6 is 0 Å². The van der Waals surface area contributed by atoms with Gasteiger partial charge in [0.05, 0.1) is 0 Å². The van der Waals surface area contributed by atoms with E-state index in [9.17, 15) is 0 Å². The number of rotatable bonds is 4. The van der Waals surface area contributed by atoms with Crippen LogP contribution in [0.3, 0.4) is 0 Å². The molecule has 1 aliphatic rings. The summed E-state index contributed by atoms with van der Waals surface area (Å²) >= 11 is 0. The second-order valence-electron chi connectivity index (χ2n) is 8.12. The van der Waals surface area contributed by atoms with Gasteiger partial charge in [-0.3, -0.25) is 0 Å². The van der Waals surface area contributed by atoms with Crippen molar-refractivity contribution in [2.24, 2.45) is 0 Å². The minimum atomic E-state index is 0.985. The molecule has 0 saturated carbocycles. The molecule has 0 amide bonds. The van der Waals surface area contributed by atoms with Crippen molar-refractivity contribution in [3.63, 3.8) is 0 Å². The van der Waals surface area contributed by atoms with Crippen LogP contribution in [0.1, 0.15) is 46.7 Å². The van der Waals surface area contributed by atoms with Gasteiger partial charge in [0, 0.05) is 0 Å². The maximum atomic E-state index is 4.31. The van der Waals surface area contributed by atoms with Gasteiger partial charge in [-0.15, -0.1) is 12.8 Å². The Morgan fingerprint density at radius 3 is 2.12 bits per heavy atom. The Hall–Kier alpha value is -3.82. The zero-order valence-electron chi connectivity index (χ0n) is 19.1. The van der Waals surface area contributed by atoms with Gasteiger partial charge in [0.15, 0.2) is 0 Å². The van der Waals surface area contributed by atoms with Crippen molar-refractivity contribution in [1.82, 2.24) is 0 Å². The fourth-order valence-electron chi connectivity index (χ4n) is 4.30. The van der Waals surface area contributed by atoms with E-state index in [1.807, 2.05) is 0 Å². The average molecular weight is 415 g/mol. The highest BCUT2D eigenvalue weighted by Crippen LogP contribution is 2.37. The Morgan fingerprint density at radius 1 is 0.875 bits per heavy atom. The first-order valence-electron chi connectivity index (χ1n) is 10.9. The normalized spacial score (nSPS) is 13.2. The lowest BCUT2D eigenvalue weighted by Crippen LogP contribution is -2.02. The highest BCUT2D eigenvalue weighted by Gasteiger charge is 2.19. The summed E-state index contributed by atoms with van der Waals surface area (Å²) in [6.07, 6.45) is 14.5. The predicted octanol–water partition coefficient (Wildman–Crippen LogP) is 8.19. The number of fused-ring (bicyclic) bond motifs is 1. The molecule has 0 spiro atoms. The summed E-state index contributed by atoms with van der Waals surface area (Å²) in [5, 5.41) is 0. The van der Waals surface area contributed by atoms with Crippen molar-refractivity contribution in [1.29, 1.82) is 0 Å². The van der Waals surface area contributed by atoms with Crippen molar-refractivity contribution < 1.29 is 0 Å². The molecule has 3 aromatic rings. The zero-order valence-corrected chi connectivity index (χ0v) is 19.1. The quantitative estimate of drug-likeness (QED) is 0.298. The fraction of sp³-hybridized carbons (Fsp3) is 0.125. The first-order chi connectivity index (χ1) is 15.5. The van der Waals surface area contributed by atoms with Crippen LogP contribution in [0.5, 0.6) is 0 Å². The van der Waals surface area contributed by atoms with E-state index in [2.05, 4.69) is 125 Å². The smallest absolute Gasteiger partial charge is 0.0106 e. The summed E-state index contributed by atoms with van der Waals surface area (Å²) in [6.45, 7) is 12.8. The van der Waals surface area contributed by atoms with Crippen molar-refractivity contribution in [3.8, 4) is 12.8 Å². The monoisotopic (exact) mass is 414 g/mol. The summed E-state index contributed by atoms with van der Waals surface area (Å²) in [5.41, 5.74) is 12.6. The van der Waals surface area contributed by atoms with E-state index in [-0.39, 0.29) is 0 Å². The lowest BCUT2D eigenvalue weighted by atomic mass is 9.85. The van der Waals surface area contributed by atoms with Gasteiger partial charge in [0.1, 0.15) is 0 Å². The van der Waals surface area contributed by atoms with E-state index in [1.165, 1.54) is 50.1 Å². The molecular formula is C32H30. The molecule has 3 aromatic carbocycles. The van der Waals surface area contributed by atoms with Gasteiger partial charge in [-0.2, -0.15) is 0 Å². The maximum Gasteiger partial charge on any atom is -0.0106 e. The highest BCUT2D eigenvalue weighted by atomic mass is 14.2. The molecule has 0 atom stereocenters. The Kier molecular flexibility index (Phi) is 7.48. The van der Waals surface area contributed by atoms with Crippen molar-refractivity contribution in [2.75, 3.05) is 0 Å². The van der Waals surface area contributed by atoms with Gasteiger partial charge in [-0.25, -0.2) is 0 Å². The fourth-order valence-corrected chi connectivity index (χ4v) is 4.30. The Labute approximate surface area is 193 Å². The minimum Gasteiger partial charge on any atom is -0.124 e. The van der Waals surface area contributed by atoms with Gasteiger partial charge < -0.3 is 0 Å². The molecule has 0 aromatic heterocycles. The van der Waals surface area contributed by atoms with Crippen LogP contribution in [0.15, 0.2) is 109 Å². The highest BCUT2D eigenvalue weighted by molar-refractivity contribution is 5.88. The Morgan fingerprint density at radius 2 is 1.50 bits per heavy atom. The van der Waals surface area contributed by atoms with E-state index in [1.54, 1.807) is 0 Å². The van der Waals surface area contributed by atoms with Crippen LogP contribution in [-0.4, -0.2) is 0 Å². The van der Waals surface area contributed by atoms with Crippen molar-refractivity contribution in [2.45, 2.75) is 26.7 Å². The van der Waals surface area contributed by atoms with Crippen LogP contribution in [0.2, 0.25) is 0 Å². The number of terminal acetylenes is 1. The second kappa shape index (κ2) is 10.5. The van der Waals surface area contributed by atoms with Gasteiger partial charge in [-0.1, -0.05) is 109 Å². The number of allylic oxidation sites excluding steroid dienone is 4. The van der Waals surface area contributed by atoms with E-state index in [0.29, 0.717) is 0 Å². The average Bonchev–Trinajstić information content (AvgIpc) is 3.00. The lowest BCUT2D eigenvalue weighted by Gasteiger charge is -2.19. The number of benzene rings is 3. The third-order valence-corrected chi connectivity index (χ3v) is 5.78. The maximum absolute atomic E-state index is 4.31. The zero-order chi connectivity index (χ0) is 23.1. The number of hydrogen-bond donors (Lipinski definition) is 0. The Balaban J connectivity index is 0.00000141. The topological polar surface area (TPSA) is 0 Å². The van der Waals surface area contributed by atoms with Crippen LogP contribution in [0, 0.1) is 19.8 Å². The van der Waals surface area contributed by atoms with Crippen LogP contribution in [0.25, 0.3) is 11.1 Å². The molecule has 1 aliphatic carbocycles. The molecule has 0 aliphatic heterocycles. The Bertz CT molecular complexity index is 1200. The largest absolute Gasteiger partial charge is 0.124 e. The lowest BCUT2D eigenvalue weighted by molar-refractivity contribution is 0.961. The van der Waals surface area contributed by atoms with E-state index >= 15 is 0 Å². The molecule has 0 bridgehead atoms. The van der Waals surface area contributed by atoms with Gasteiger partial charge in [-0.05, 0) is 71.2 Å². The molecule has 0 unspecified atom stereocenters. The summed E-state index contributed by atoms with van der Waals surface area (Å²) in [6, 6.07) is 25.8. The molecule has 0 N–H and O–H groups in total. The molecule has 0 radical (unpaired) electrons. The van der Waals surface area contributed by atoms with Crippen LogP contribution in [-0.2, 0) is 6.42 Å². The second-order valence-corrected chi connectivity index (χ2v) is 8.12. The molecule has 158 valence electrons. The first-order valence-corrected chi connectivity index (χ1v) is 10.9. The summed E-state index contributed by atoms with van der Waals surface area (Å²) in [4.78, 5) is 0. The molecule has 0 heterocycles. The molecule has 0 saturated heterocycles. The van der Waals surface area contributed by atoms with E-state index in [4.69, 9.17) is 0 Å². The molecule has 4 rings (SSSR count). The third kappa shape index (κ3) is 4.90. The van der Waals surface area contributed by atoms with Gasteiger partial charge in [0.25, 0.3) is 0 Å². The predicted molar refractivity (Wildman–Crippen MR) is 140 cm³/mol. The summed E-state index contributed by atoms with van der Waals surface area (Å²) < 4.78 is 0. The van der Waals surface area contributed by atoms with Crippen molar-refractivity contribution in [3.05, 3.63) is 143 Å².